The molecule has 0 radical (unpaired) electrons. The van der Waals surface area contributed by atoms with Crippen LogP contribution in [0.5, 0.6) is 0 Å². The molecule has 1 aliphatic heterocycles. The van der Waals surface area contributed by atoms with Crippen LogP contribution in [0.2, 0.25) is 0 Å². The van der Waals surface area contributed by atoms with Gasteiger partial charge in [0, 0.05) is 13.1 Å². The summed E-state index contributed by atoms with van der Waals surface area (Å²) in [6.45, 7) is 1.26. The normalized spacial score (nSPS) is 20.4. The number of hydrogen-bond acceptors (Lipinski definition) is 5. The van der Waals surface area contributed by atoms with E-state index in [-0.39, 0.29) is 24.3 Å². The second-order valence-corrected chi connectivity index (χ2v) is 4.03. The highest BCUT2D eigenvalue weighted by molar-refractivity contribution is 6.03. The molecule has 1 aromatic rings. The molecule has 92 valence electrons. The predicted molar refractivity (Wildman–Crippen MR) is 58.2 cm³/mol. The van der Waals surface area contributed by atoms with E-state index >= 15 is 0 Å². The fourth-order valence-corrected chi connectivity index (χ4v) is 1.79. The minimum absolute atomic E-state index is 0.111. The van der Waals surface area contributed by atoms with Gasteiger partial charge in [-0.3, -0.25) is 19.8 Å². The third-order valence-corrected chi connectivity index (χ3v) is 2.61. The predicted octanol–water partition coefficient (Wildman–Crippen LogP) is -0.397. The lowest BCUT2D eigenvalue weighted by Crippen LogP contribution is -2.39. The molecule has 6 nitrogen and oxygen atoms in total. The minimum Gasteiger partial charge on any atom is -0.459 e. The second kappa shape index (κ2) is 5.11. The van der Waals surface area contributed by atoms with E-state index in [4.69, 9.17) is 4.42 Å². The van der Waals surface area contributed by atoms with Crippen molar-refractivity contribution in [1.82, 2.24) is 10.2 Å². The fraction of sp³-hybridized carbons (Fsp3) is 0.455. The molecule has 1 fully saturated rings. The number of aliphatic hydroxyl groups is 1. The SMILES string of the molecule is O=C(CN1CC[C@H](O)C1)NC(=O)c1ccco1. The molecule has 2 N–H and O–H groups in total. The lowest BCUT2D eigenvalue weighted by molar-refractivity contribution is -0.121. The first-order chi connectivity index (χ1) is 8.15. The van der Waals surface area contributed by atoms with Crippen molar-refractivity contribution in [3.05, 3.63) is 24.2 Å². The number of nitrogens with one attached hydrogen (secondary N) is 1. The third-order valence-electron chi connectivity index (χ3n) is 2.61. The van der Waals surface area contributed by atoms with Crippen LogP contribution < -0.4 is 5.32 Å². The zero-order valence-electron chi connectivity index (χ0n) is 9.26. The van der Waals surface area contributed by atoms with Crippen molar-refractivity contribution in [2.24, 2.45) is 0 Å². The number of hydrogen-bond donors (Lipinski definition) is 2. The first kappa shape index (κ1) is 11.8. The molecule has 1 atom stereocenters. The van der Waals surface area contributed by atoms with E-state index in [2.05, 4.69) is 5.32 Å². The number of carbonyl (C=O) groups is 2. The summed E-state index contributed by atoms with van der Waals surface area (Å²) in [6, 6.07) is 3.07. The molecular weight excluding hydrogens is 224 g/mol. The van der Waals surface area contributed by atoms with Crippen LogP contribution in [-0.2, 0) is 4.79 Å². The van der Waals surface area contributed by atoms with E-state index in [0.29, 0.717) is 19.5 Å². The van der Waals surface area contributed by atoms with Crippen molar-refractivity contribution in [3.8, 4) is 0 Å². The first-order valence-electron chi connectivity index (χ1n) is 5.43. The van der Waals surface area contributed by atoms with Crippen molar-refractivity contribution in [2.45, 2.75) is 12.5 Å². The Balaban J connectivity index is 1.79. The van der Waals surface area contributed by atoms with Crippen LogP contribution in [0.3, 0.4) is 0 Å². The Hall–Kier alpha value is -1.66. The molecule has 0 saturated carbocycles. The van der Waals surface area contributed by atoms with Gasteiger partial charge in [0.25, 0.3) is 5.91 Å². The molecule has 0 aliphatic carbocycles. The molecule has 2 heterocycles. The van der Waals surface area contributed by atoms with Crippen molar-refractivity contribution < 1.29 is 19.1 Å². The summed E-state index contributed by atoms with van der Waals surface area (Å²) in [6.07, 6.45) is 1.67. The van der Waals surface area contributed by atoms with Crippen LogP contribution in [0.25, 0.3) is 0 Å². The van der Waals surface area contributed by atoms with Crippen molar-refractivity contribution in [3.63, 3.8) is 0 Å². The monoisotopic (exact) mass is 238 g/mol. The van der Waals surface area contributed by atoms with Crippen LogP contribution in [0, 0.1) is 0 Å². The summed E-state index contributed by atoms with van der Waals surface area (Å²) in [5.41, 5.74) is 0. The molecule has 6 heteroatoms. The maximum Gasteiger partial charge on any atom is 0.293 e. The Labute approximate surface area is 98.2 Å². The maximum atomic E-state index is 11.5. The van der Waals surface area contributed by atoms with Gasteiger partial charge in [-0.2, -0.15) is 0 Å². The molecular formula is C11H14N2O4. The van der Waals surface area contributed by atoms with Crippen molar-refractivity contribution in [2.75, 3.05) is 19.6 Å². The quantitative estimate of drug-likeness (QED) is 0.749. The van der Waals surface area contributed by atoms with Crippen LogP contribution in [-0.4, -0.2) is 47.6 Å². The third kappa shape index (κ3) is 3.15. The summed E-state index contributed by atoms with van der Waals surface area (Å²) >= 11 is 0. The Kier molecular flexibility index (Phi) is 3.55. The van der Waals surface area contributed by atoms with E-state index in [1.165, 1.54) is 12.3 Å². The van der Waals surface area contributed by atoms with E-state index in [0.717, 1.165) is 0 Å². The molecule has 1 saturated heterocycles. The number of aliphatic hydroxyl groups excluding tert-OH is 1. The molecule has 0 bridgehead atoms. The summed E-state index contributed by atoms with van der Waals surface area (Å²) in [7, 11) is 0. The molecule has 1 aliphatic rings. The van der Waals surface area contributed by atoms with Gasteiger partial charge in [-0.15, -0.1) is 0 Å². The largest absolute Gasteiger partial charge is 0.459 e. The average Bonchev–Trinajstić information content (AvgIpc) is 2.89. The second-order valence-electron chi connectivity index (χ2n) is 4.03. The van der Waals surface area contributed by atoms with Crippen molar-refractivity contribution >= 4 is 11.8 Å². The Bertz CT molecular complexity index is 402. The van der Waals surface area contributed by atoms with Crippen molar-refractivity contribution in [1.29, 1.82) is 0 Å². The van der Waals surface area contributed by atoms with Gasteiger partial charge in [-0.05, 0) is 18.6 Å². The van der Waals surface area contributed by atoms with E-state index in [1.807, 2.05) is 0 Å². The molecule has 17 heavy (non-hydrogen) atoms. The van der Waals surface area contributed by atoms with Gasteiger partial charge < -0.3 is 9.52 Å². The lowest BCUT2D eigenvalue weighted by Gasteiger charge is -2.13. The Morgan fingerprint density at radius 2 is 2.41 bits per heavy atom. The van der Waals surface area contributed by atoms with Gasteiger partial charge in [-0.1, -0.05) is 0 Å². The van der Waals surface area contributed by atoms with Crippen LogP contribution in [0.15, 0.2) is 22.8 Å². The smallest absolute Gasteiger partial charge is 0.293 e. The summed E-state index contributed by atoms with van der Waals surface area (Å²) in [5.74, 6) is -0.819. The molecule has 0 aromatic carbocycles. The highest BCUT2D eigenvalue weighted by Crippen LogP contribution is 2.07. The number of likely N-dealkylation sites (tertiary alicyclic amines) is 1. The molecule has 0 spiro atoms. The number of nitrogens with zero attached hydrogens (tertiary/aromatic N) is 1. The van der Waals surface area contributed by atoms with Gasteiger partial charge in [0.1, 0.15) is 0 Å². The van der Waals surface area contributed by atoms with Gasteiger partial charge in [0.15, 0.2) is 5.76 Å². The minimum atomic E-state index is -0.542. The number of rotatable bonds is 3. The summed E-state index contributed by atoms with van der Waals surface area (Å²) in [4.78, 5) is 24.8. The number of β-amino-alcohol motifs (C(OH)–C–C–N with tert-alkyl or cyclic N) is 1. The molecule has 2 rings (SSSR count). The van der Waals surface area contributed by atoms with Crippen LogP contribution in [0.4, 0.5) is 0 Å². The van der Waals surface area contributed by atoms with Gasteiger partial charge in [0.2, 0.25) is 5.91 Å². The zero-order chi connectivity index (χ0) is 12.3. The molecule has 0 unspecified atom stereocenters. The summed E-state index contributed by atoms with van der Waals surface area (Å²) in [5, 5.41) is 11.5. The number of imide groups is 1. The summed E-state index contributed by atoms with van der Waals surface area (Å²) < 4.78 is 4.87. The highest BCUT2D eigenvalue weighted by Gasteiger charge is 2.23. The Morgan fingerprint density at radius 1 is 1.59 bits per heavy atom. The van der Waals surface area contributed by atoms with Crippen LogP contribution >= 0.6 is 0 Å². The first-order valence-corrected chi connectivity index (χ1v) is 5.43. The fourth-order valence-electron chi connectivity index (χ4n) is 1.79. The number of amides is 2. The highest BCUT2D eigenvalue weighted by atomic mass is 16.3. The van der Waals surface area contributed by atoms with Crippen LogP contribution in [0.1, 0.15) is 17.0 Å². The Morgan fingerprint density at radius 3 is 3.00 bits per heavy atom. The molecule has 2 amide bonds. The maximum absolute atomic E-state index is 11.5. The lowest BCUT2D eigenvalue weighted by atomic mass is 10.3. The van der Waals surface area contributed by atoms with E-state index < -0.39 is 5.91 Å². The van der Waals surface area contributed by atoms with Gasteiger partial charge in [0.05, 0.1) is 18.9 Å². The number of furan rings is 1. The topological polar surface area (TPSA) is 82.8 Å². The van der Waals surface area contributed by atoms with E-state index in [1.54, 1.807) is 11.0 Å². The van der Waals surface area contributed by atoms with E-state index in [9.17, 15) is 14.7 Å². The zero-order valence-corrected chi connectivity index (χ0v) is 9.26. The average molecular weight is 238 g/mol. The number of carbonyl (C=O) groups excluding carboxylic acids is 2. The molecule has 1 aromatic heterocycles. The standard InChI is InChI=1S/C11H14N2O4/c14-8-3-4-13(6-8)7-10(15)12-11(16)9-2-1-5-17-9/h1-2,5,8,14H,3-4,6-7H2,(H,12,15,16)/t8-/m0/s1. The van der Waals surface area contributed by atoms with Gasteiger partial charge in [-0.25, -0.2) is 0 Å². The van der Waals surface area contributed by atoms with Gasteiger partial charge >= 0.3 is 0 Å².